The van der Waals surface area contributed by atoms with Gasteiger partial charge >= 0.3 is 6.03 Å². The van der Waals surface area contributed by atoms with Gasteiger partial charge in [0.25, 0.3) is 11.0 Å². The van der Waals surface area contributed by atoms with Gasteiger partial charge in [0.15, 0.2) is 14.9 Å². The van der Waals surface area contributed by atoms with E-state index in [1.807, 2.05) is 0 Å². The molecule has 0 saturated heterocycles. The number of benzene rings is 1. The maximum Gasteiger partial charge on any atom is 0.332 e. The summed E-state index contributed by atoms with van der Waals surface area (Å²) < 4.78 is 49.6. The summed E-state index contributed by atoms with van der Waals surface area (Å²) >= 11 is 0. The standard InChI is InChI=1S/C18H23N5O5S2/c19-30(27,16-7-8-23(21-16)9-10-28-29(25)26)22-18(24)20-17-14-5-1-3-12(14)11-13-4-2-6-15(13)17/h7-8,11,29H,1-6,9-10H2,(H3,19,20,22,24,27). The van der Waals surface area contributed by atoms with Crippen LogP contribution in [0, 0.1) is 4.78 Å². The summed E-state index contributed by atoms with van der Waals surface area (Å²) in [4.78, 5) is 12.6. The number of aryl methyl sites for hydroxylation is 2. The number of aromatic nitrogens is 2. The van der Waals surface area contributed by atoms with Gasteiger partial charge in [0.1, 0.15) is 0 Å². The molecule has 0 saturated carbocycles. The first kappa shape index (κ1) is 20.8. The van der Waals surface area contributed by atoms with Crippen molar-refractivity contribution in [1.29, 1.82) is 4.78 Å². The van der Waals surface area contributed by atoms with Crippen LogP contribution < -0.4 is 10.0 Å². The molecular weight excluding hydrogens is 430 g/mol. The molecule has 30 heavy (non-hydrogen) atoms. The van der Waals surface area contributed by atoms with E-state index in [2.05, 4.69) is 25.4 Å². The van der Waals surface area contributed by atoms with E-state index in [4.69, 9.17) is 4.78 Å². The van der Waals surface area contributed by atoms with E-state index in [-0.39, 0.29) is 18.2 Å². The van der Waals surface area contributed by atoms with Crippen LogP contribution in [0.2, 0.25) is 0 Å². The number of amides is 2. The van der Waals surface area contributed by atoms with Crippen LogP contribution in [0.25, 0.3) is 0 Å². The Morgan fingerprint density at radius 3 is 2.50 bits per heavy atom. The molecule has 2 aliphatic rings. The Balaban J connectivity index is 1.47. The fourth-order valence-corrected chi connectivity index (χ4v) is 5.24. The number of carbonyl (C=O) groups excluding carboxylic acids is 1. The average Bonchev–Trinajstić information content (AvgIpc) is 3.41. The van der Waals surface area contributed by atoms with Crippen LogP contribution in [0.3, 0.4) is 0 Å². The van der Waals surface area contributed by atoms with Gasteiger partial charge in [-0.25, -0.2) is 26.9 Å². The van der Waals surface area contributed by atoms with Crippen molar-refractivity contribution in [1.82, 2.24) is 14.5 Å². The van der Waals surface area contributed by atoms with Crippen LogP contribution in [-0.4, -0.2) is 35.0 Å². The summed E-state index contributed by atoms with van der Waals surface area (Å²) in [7, 11) is -6.64. The first-order valence-corrected chi connectivity index (χ1v) is 12.3. The topological polar surface area (TPSA) is 143 Å². The van der Waals surface area contributed by atoms with Crippen LogP contribution in [-0.2, 0) is 57.3 Å². The number of hydrogen-bond acceptors (Lipinski definition) is 7. The van der Waals surface area contributed by atoms with E-state index in [0.29, 0.717) is 0 Å². The summed E-state index contributed by atoms with van der Waals surface area (Å²) in [5, 5.41) is 6.72. The lowest BCUT2D eigenvalue weighted by molar-refractivity contribution is 0.256. The molecule has 0 aliphatic heterocycles. The Morgan fingerprint density at radius 2 is 1.87 bits per heavy atom. The first-order valence-electron chi connectivity index (χ1n) is 9.68. The van der Waals surface area contributed by atoms with Gasteiger partial charge in [-0.1, -0.05) is 6.07 Å². The third-order valence-electron chi connectivity index (χ3n) is 5.38. The van der Waals surface area contributed by atoms with Crippen LogP contribution in [0.5, 0.6) is 0 Å². The molecule has 1 atom stereocenters. The van der Waals surface area contributed by atoms with Gasteiger partial charge < -0.3 is 5.32 Å². The Hall–Kier alpha value is -2.44. The van der Waals surface area contributed by atoms with E-state index < -0.39 is 26.9 Å². The van der Waals surface area contributed by atoms with Crippen LogP contribution >= 0.6 is 0 Å². The van der Waals surface area contributed by atoms with Crippen molar-refractivity contribution in [3.63, 3.8) is 0 Å². The van der Waals surface area contributed by atoms with Crippen molar-refractivity contribution in [3.05, 3.63) is 40.6 Å². The minimum absolute atomic E-state index is 0.104. The maximum absolute atomic E-state index is 12.7. The number of fused-ring (bicyclic) bond motifs is 2. The van der Waals surface area contributed by atoms with Gasteiger partial charge in [-0.15, -0.1) is 0 Å². The molecule has 0 bridgehead atoms. The van der Waals surface area contributed by atoms with Crippen molar-refractivity contribution in [2.24, 2.45) is 0 Å². The van der Waals surface area contributed by atoms with Crippen molar-refractivity contribution in [2.75, 3.05) is 11.9 Å². The highest BCUT2D eigenvalue weighted by atomic mass is 32.2. The molecule has 1 heterocycles. The molecule has 2 aliphatic carbocycles. The normalized spacial score (nSPS) is 16.8. The van der Waals surface area contributed by atoms with Crippen molar-refractivity contribution < 1.29 is 21.6 Å². The summed E-state index contributed by atoms with van der Waals surface area (Å²) in [5.74, 6) is 0. The molecular formula is C18H23N5O5S2. The highest BCUT2D eigenvalue weighted by Crippen LogP contribution is 2.38. The molecule has 2 aromatic rings. The number of nitrogens with one attached hydrogen (secondary N) is 3. The first-order chi connectivity index (χ1) is 14.3. The van der Waals surface area contributed by atoms with Gasteiger partial charge in [0.2, 0.25) is 0 Å². The molecule has 4 rings (SSSR count). The van der Waals surface area contributed by atoms with E-state index in [9.17, 15) is 17.4 Å². The monoisotopic (exact) mass is 453 g/mol. The molecule has 10 nitrogen and oxygen atoms in total. The SMILES string of the molecule is N=S(=O)(NC(=O)Nc1c2c(cc3c1CCC3)CCC2)c1ccn(CCO[SH](=O)=O)n1. The average molecular weight is 454 g/mol. The summed E-state index contributed by atoms with van der Waals surface area (Å²) in [6.07, 6.45) is 7.33. The van der Waals surface area contributed by atoms with Crippen LogP contribution in [0.1, 0.15) is 35.1 Å². The second kappa shape index (κ2) is 8.36. The van der Waals surface area contributed by atoms with E-state index >= 15 is 0 Å². The predicted octanol–water partition coefficient (Wildman–Crippen LogP) is 1.55. The second-order valence-electron chi connectivity index (χ2n) is 7.32. The molecule has 1 unspecified atom stereocenters. The molecule has 0 spiro atoms. The zero-order valence-electron chi connectivity index (χ0n) is 16.2. The minimum Gasteiger partial charge on any atom is -0.307 e. The molecule has 3 N–H and O–H groups in total. The second-order valence-corrected chi connectivity index (χ2v) is 9.76. The molecule has 1 aromatic carbocycles. The number of carbonyl (C=O) groups is 1. The molecule has 162 valence electrons. The van der Waals surface area contributed by atoms with E-state index in [0.717, 1.165) is 55.3 Å². The van der Waals surface area contributed by atoms with Gasteiger partial charge in [-0.3, -0.25) is 8.86 Å². The van der Waals surface area contributed by atoms with Crippen LogP contribution in [0.4, 0.5) is 10.5 Å². The molecule has 12 heteroatoms. The van der Waals surface area contributed by atoms with Crippen molar-refractivity contribution in [2.45, 2.75) is 50.1 Å². The summed E-state index contributed by atoms with van der Waals surface area (Å²) in [6, 6.07) is 2.90. The zero-order chi connectivity index (χ0) is 21.3. The Labute approximate surface area is 176 Å². The third kappa shape index (κ3) is 4.35. The highest BCUT2D eigenvalue weighted by molar-refractivity contribution is 7.91. The number of hydrogen-bond donors (Lipinski definition) is 4. The molecule has 0 radical (unpaired) electrons. The molecule has 1 aromatic heterocycles. The Kier molecular flexibility index (Phi) is 5.80. The fraction of sp³-hybridized carbons (Fsp3) is 0.444. The number of rotatable bonds is 7. The Bertz CT molecular complexity index is 1130. The smallest absolute Gasteiger partial charge is 0.307 e. The molecule has 0 fully saturated rings. The Morgan fingerprint density at radius 1 is 1.20 bits per heavy atom. The predicted molar refractivity (Wildman–Crippen MR) is 110 cm³/mol. The van der Waals surface area contributed by atoms with E-state index in [1.54, 1.807) is 0 Å². The lowest BCUT2D eigenvalue weighted by Crippen LogP contribution is -2.34. The number of thiol groups is 1. The van der Waals surface area contributed by atoms with Crippen LogP contribution in [0.15, 0.2) is 23.4 Å². The number of nitrogens with zero attached hydrogens (tertiary/aromatic N) is 2. The minimum atomic E-state index is -3.68. The highest BCUT2D eigenvalue weighted by Gasteiger charge is 2.26. The lowest BCUT2D eigenvalue weighted by atomic mass is 9.99. The largest absolute Gasteiger partial charge is 0.332 e. The fourth-order valence-electron chi connectivity index (χ4n) is 4.12. The van der Waals surface area contributed by atoms with E-state index in [1.165, 1.54) is 28.1 Å². The van der Waals surface area contributed by atoms with Crippen molar-refractivity contribution in [3.8, 4) is 0 Å². The number of anilines is 1. The maximum atomic E-state index is 12.7. The van der Waals surface area contributed by atoms with Gasteiger partial charge in [0, 0.05) is 11.9 Å². The lowest BCUT2D eigenvalue weighted by Gasteiger charge is -2.17. The number of urea groups is 1. The summed E-state index contributed by atoms with van der Waals surface area (Å²) in [6.45, 7) is -0.0233. The van der Waals surface area contributed by atoms with Gasteiger partial charge in [0.05, 0.1) is 13.2 Å². The molecule has 2 amide bonds. The zero-order valence-corrected chi connectivity index (χ0v) is 17.9. The quantitative estimate of drug-likeness (QED) is 0.468. The van der Waals surface area contributed by atoms with Crippen molar-refractivity contribution >= 4 is 32.6 Å². The third-order valence-corrected chi connectivity index (χ3v) is 7.05. The summed E-state index contributed by atoms with van der Waals surface area (Å²) in [5.41, 5.74) is 5.61. The van der Waals surface area contributed by atoms with Gasteiger partial charge in [-0.05, 0) is 66.8 Å². The van der Waals surface area contributed by atoms with Gasteiger partial charge in [-0.2, -0.15) is 5.10 Å².